The third kappa shape index (κ3) is 5.27. The standard InChI is InChI=1S/C14H22ClNO3/c1-4-18-13-8-11(10-16-6-7-17-3)12(15)9-14(13)19-5-2/h8-9,16H,4-7,10H2,1-3H3. The Morgan fingerprint density at radius 2 is 1.74 bits per heavy atom. The summed E-state index contributed by atoms with van der Waals surface area (Å²) in [4.78, 5) is 0. The minimum absolute atomic E-state index is 0.585. The van der Waals surface area contributed by atoms with Crippen molar-refractivity contribution in [3.8, 4) is 11.5 Å². The average molecular weight is 288 g/mol. The van der Waals surface area contributed by atoms with Crippen LogP contribution in [0.1, 0.15) is 19.4 Å². The van der Waals surface area contributed by atoms with Crippen molar-refractivity contribution in [1.29, 1.82) is 0 Å². The highest BCUT2D eigenvalue weighted by Crippen LogP contribution is 2.33. The molecule has 4 nitrogen and oxygen atoms in total. The fraction of sp³-hybridized carbons (Fsp3) is 0.571. The summed E-state index contributed by atoms with van der Waals surface area (Å²) in [6.07, 6.45) is 0. The highest BCUT2D eigenvalue weighted by atomic mass is 35.5. The Morgan fingerprint density at radius 3 is 2.32 bits per heavy atom. The van der Waals surface area contributed by atoms with Gasteiger partial charge in [0.1, 0.15) is 0 Å². The van der Waals surface area contributed by atoms with E-state index in [1.54, 1.807) is 7.11 Å². The van der Waals surface area contributed by atoms with Gasteiger partial charge in [-0.3, -0.25) is 0 Å². The van der Waals surface area contributed by atoms with E-state index in [0.717, 1.165) is 17.9 Å². The number of ether oxygens (including phenoxy) is 3. The van der Waals surface area contributed by atoms with Gasteiger partial charge in [0.15, 0.2) is 11.5 Å². The number of hydrogen-bond donors (Lipinski definition) is 1. The summed E-state index contributed by atoms with van der Waals surface area (Å²) in [6, 6.07) is 3.74. The number of benzene rings is 1. The molecule has 0 bridgehead atoms. The molecule has 0 saturated heterocycles. The Hall–Kier alpha value is -0.970. The fourth-order valence-electron chi connectivity index (χ4n) is 1.65. The van der Waals surface area contributed by atoms with Crippen LogP contribution in [0.3, 0.4) is 0 Å². The molecule has 1 rings (SSSR count). The van der Waals surface area contributed by atoms with Crippen LogP contribution in [-0.4, -0.2) is 33.5 Å². The monoisotopic (exact) mass is 287 g/mol. The Kier molecular flexibility index (Phi) is 7.63. The topological polar surface area (TPSA) is 39.7 Å². The van der Waals surface area contributed by atoms with Crippen molar-refractivity contribution >= 4 is 11.6 Å². The lowest BCUT2D eigenvalue weighted by molar-refractivity contribution is 0.199. The van der Waals surface area contributed by atoms with Crippen LogP contribution in [0.5, 0.6) is 11.5 Å². The van der Waals surface area contributed by atoms with Crippen LogP contribution in [-0.2, 0) is 11.3 Å². The maximum Gasteiger partial charge on any atom is 0.162 e. The molecule has 108 valence electrons. The number of nitrogens with one attached hydrogen (secondary N) is 1. The van der Waals surface area contributed by atoms with E-state index in [0.29, 0.717) is 37.1 Å². The molecule has 1 N–H and O–H groups in total. The number of methoxy groups -OCH3 is 1. The van der Waals surface area contributed by atoms with Gasteiger partial charge in [0.25, 0.3) is 0 Å². The van der Waals surface area contributed by atoms with Crippen molar-refractivity contribution in [3.05, 3.63) is 22.7 Å². The molecule has 0 heterocycles. The largest absolute Gasteiger partial charge is 0.490 e. The Balaban J connectivity index is 2.77. The lowest BCUT2D eigenvalue weighted by Gasteiger charge is -2.14. The summed E-state index contributed by atoms with van der Waals surface area (Å²) >= 11 is 6.24. The van der Waals surface area contributed by atoms with E-state index in [1.807, 2.05) is 26.0 Å². The summed E-state index contributed by atoms with van der Waals surface area (Å²) < 4.78 is 16.1. The maximum atomic E-state index is 6.24. The molecule has 1 aromatic rings. The van der Waals surface area contributed by atoms with Gasteiger partial charge in [-0.05, 0) is 25.5 Å². The van der Waals surface area contributed by atoms with Gasteiger partial charge in [-0.25, -0.2) is 0 Å². The van der Waals surface area contributed by atoms with Gasteiger partial charge in [0.05, 0.1) is 19.8 Å². The van der Waals surface area contributed by atoms with Gasteiger partial charge in [-0.1, -0.05) is 11.6 Å². The van der Waals surface area contributed by atoms with E-state index in [2.05, 4.69) is 5.32 Å². The molecule has 0 fully saturated rings. The summed E-state index contributed by atoms with van der Waals surface area (Å²) in [5.74, 6) is 1.42. The first-order valence-electron chi connectivity index (χ1n) is 6.50. The fourth-order valence-corrected chi connectivity index (χ4v) is 1.87. The molecule has 1 aromatic carbocycles. The van der Waals surface area contributed by atoms with Crippen molar-refractivity contribution in [2.45, 2.75) is 20.4 Å². The van der Waals surface area contributed by atoms with Crippen LogP contribution in [0.15, 0.2) is 12.1 Å². The Morgan fingerprint density at radius 1 is 1.11 bits per heavy atom. The first-order chi connectivity index (χ1) is 9.22. The molecule has 0 atom stereocenters. The van der Waals surface area contributed by atoms with E-state index in [1.165, 1.54) is 0 Å². The van der Waals surface area contributed by atoms with Gasteiger partial charge < -0.3 is 19.5 Å². The van der Waals surface area contributed by atoms with Gasteiger partial charge in [-0.2, -0.15) is 0 Å². The predicted octanol–water partition coefficient (Wildman–Crippen LogP) is 2.87. The highest BCUT2D eigenvalue weighted by Gasteiger charge is 2.10. The molecule has 5 heteroatoms. The quantitative estimate of drug-likeness (QED) is 0.709. The van der Waals surface area contributed by atoms with Crippen molar-refractivity contribution in [2.24, 2.45) is 0 Å². The van der Waals surface area contributed by atoms with E-state index in [-0.39, 0.29) is 0 Å². The zero-order valence-corrected chi connectivity index (χ0v) is 12.5. The lowest BCUT2D eigenvalue weighted by atomic mass is 10.2. The molecule has 19 heavy (non-hydrogen) atoms. The first-order valence-corrected chi connectivity index (χ1v) is 6.88. The molecular weight excluding hydrogens is 266 g/mol. The van der Waals surface area contributed by atoms with Crippen LogP contribution in [0.2, 0.25) is 5.02 Å². The first kappa shape index (κ1) is 16.1. The van der Waals surface area contributed by atoms with Gasteiger partial charge >= 0.3 is 0 Å². The Labute approximate surface area is 120 Å². The van der Waals surface area contributed by atoms with Crippen LogP contribution in [0.25, 0.3) is 0 Å². The van der Waals surface area contributed by atoms with E-state index >= 15 is 0 Å². The van der Waals surface area contributed by atoms with Crippen molar-refractivity contribution in [1.82, 2.24) is 5.32 Å². The third-order valence-electron chi connectivity index (χ3n) is 2.51. The normalized spacial score (nSPS) is 10.5. The SMILES string of the molecule is CCOc1cc(Cl)c(CNCCOC)cc1OCC. The zero-order chi connectivity index (χ0) is 14.1. The van der Waals surface area contributed by atoms with Crippen LogP contribution in [0.4, 0.5) is 0 Å². The van der Waals surface area contributed by atoms with E-state index in [4.69, 9.17) is 25.8 Å². The molecule has 0 spiro atoms. The second kappa shape index (κ2) is 9.02. The van der Waals surface area contributed by atoms with Crippen LogP contribution in [0, 0.1) is 0 Å². The van der Waals surface area contributed by atoms with E-state index in [9.17, 15) is 0 Å². The van der Waals surface area contributed by atoms with Crippen molar-refractivity contribution in [3.63, 3.8) is 0 Å². The predicted molar refractivity (Wildman–Crippen MR) is 77.4 cm³/mol. The number of hydrogen-bond acceptors (Lipinski definition) is 4. The lowest BCUT2D eigenvalue weighted by Crippen LogP contribution is -2.18. The third-order valence-corrected chi connectivity index (χ3v) is 2.86. The number of rotatable bonds is 9. The summed E-state index contributed by atoms with van der Waals surface area (Å²) in [5.41, 5.74) is 0.990. The zero-order valence-electron chi connectivity index (χ0n) is 11.8. The molecular formula is C14H22ClNO3. The molecule has 0 aromatic heterocycles. The summed E-state index contributed by atoms with van der Waals surface area (Å²) in [7, 11) is 1.68. The molecule has 0 aliphatic rings. The van der Waals surface area contributed by atoms with Crippen molar-refractivity contribution < 1.29 is 14.2 Å². The minimum Gasteiger partial charge on any atom is -0.490 e. The van der Waals surface area contributed by atoms with Gasteiger partial charge in [-0.15, -0.1) is 0 Å². The second-order valence-electron chi connectivity index (χ2n) is 3.93. The molecule has 0 aliphatic heterocycles. The van der Waals surface area contributed by atoms with Gasteiger partial charge in [0.2, 0.25) is 0 Å². The van der Waals surface area contributed by atoms with Gasteiger partial charge in [0, 0.05) is 31.3 Å². The van der Waals surface area contributed by atoms with Crippen LogP contribution >= 0.6 is 11.6 Å². The Bertz CT molecular complexity index is 385. The smallest absolute Gasteiger partial charge is 0.162 e. The molecule has 0 saturated carbocycles. The summed E-state index contributed by atoms with van der Waals surface area (Å²) in [5, 5.41) is 3.94. The number of halogens is 1. The minimum atomic E-state index is 0.585. The van der Waals surface area contributed by atoms with Crippen LogP contribution < -0.4 is 14.8 Å². The summed E-state index contributed by atoms with van der Waals surface area (Å²) in [6.45, 7) is 7.19. The highest BCUT2D eigenvalue weighted by molar-refractivity contribution is 6.31. The molecule has 0 radical (unpaired) electrons. The molecule has 0 amide bonds. The molecule has 0 unspecified atom stereocenters. The van der Waals surface area contributed by atoms with E-state index < -0.39 is 0 Å². The molecule has 0 aliphatic carbocycles. The van der Waals surface area contributed by atoms with Crippen molar-refractivity contribution in [2.75, 3.05) is 33.5 Å². The average Bonchev–Trinajstić information content (AvgIpc) is 2.39. The maximum absolute atomic E-state index is 6.24. The second-order valence-corrected chi connectivity index (χ2v) is 4.33.